The van der Waals surface area contributed by atoms with E-state index in [0.29, 0.717) is 6.04 Å². The molecule has 0 aliphatic carbocycles. The SMILES string of the molecule is C=CN1C(C)(C)CC(N(C)C=O)CC1(C)C. The molecular formula is C13H24N2O. The van der Waals surface area contributed by atoms with Crippen LogP contribution in [0.25, 0.3) is 0 Å². The van der Waals surface area contributed by atoms with E-state index in [2.05, 4.69) is 39.2 Å². The lowest BCUT2D eigenvalue weighted by atomic mass is 9.77. The Labute approximate surface area is 99.1 Å². The fourth-order valence-electron chi connectivity index (χ4n) is 3.11. The summed E-state index contributed by atoms with van der Waals surface area (Å²) in [5.74, 6) is 0. The maximum atomic E-state index is 10.9. The second kappa shape index (κ2) is 4.11. The average molecular weight is 224 g/mol. The van der Waals surface area contributed by atoms with E-state index in [1.807, 2.05) is 13.2 Å². The quantitative estimate of drug-likeness (QED) is 0.686. The van der Waals surface area contributed by atoms with Gasteiger partial charge < -0.3 is 9.80 Å². The van der Waals surface area contributed by atoms with E-state index >= 15 is 0 Å². The minimum absolute atomic E-state index is 0.0471. The highest BCUT2D eigenvalue weighted by atomic mass is 16.1. The monoisotopic (exact) mass is 224 g/mol. The normalized spacial score (nSPS) is 23.9. The first-order valence-electron chi connectivity index (χ1n) is 5.84. The zero-order valence-electron chi connectivity index (χ0n) is 11.2. The lowest BCUT2D eigenvalue weighted by Gasteiger charge is -2.56. The summed E-state index contributed by atoms with van der Waals surface area (Å²) >= 11 is 0. The molecule has 0 aromatic heterocycles. The summed E-state index contributed by atoms with van der Waals surface area (Å²) in [4.78, 5) is 15.0. The molecular weight excluding hydrogens is 200 g/mol. The van der Waals surface area contributed by atoms with Crippen LogP contribution in [0.4, 0.5) is 0 Å². The number of piperidine rings is 1. The van der Waals surface area contributed by atoms with E-state index in [1.54, 1.807) is 4.90 Å². The Morgan fingerprint density at radius 3 is 2.00 bits per heavy atom. The maximum absolute atomic E-state index is 10.9. The van der Waals surface area contributed by atoms with E-state index in [4.69, 9.17) is 0 Å². The molecule has 0 aromatic carbocycles. The van der Waals surface area contributed by atoms with Crippen LogP contribution in [0.3, 0.4) is 0 Å². The number of nitrogens with zero attached hydrogens (tertiary/aromatic N) is 2. The molecule has 3 nitrogen and oxygen atoms in total. The topological polar surface area (TPSA) is 23.6 Å². The smallest absolute Gasteiger partial charge is 0.209 e. The Morgan fingerprint density at radius 2 is 1.69 bits per heavy atom. The van der Waals surface area contributed by atoms with Gasteiger partial charge in [-0.3, -0.25) is 4.79 Å². The molecule has 0 atom stereocenters. The fourth-order valence-corrected chi connectivity index (χ4v) is 3.11. The fraction of sp³-hybridized carbons (Fsp3) is 0.769. The van der Waals surface area contributed by atoms with Crippen LogP contribution in [-0.2, 0) is 4.79 Å². The molecule has 1 amide bonds. The van der Waals surface area contributed by atoms with E-state index in [0.717, 1.165) is 19.3 Å². The molecule has 1 heterocycles. The van der Waals surface area contributed by atoms with Crippen molar-refractivity contribution in [2.45, 2.75) is 57.7 Å². The van der Waals surface area contributed by atoms with E-state index < -0.39 is 0 Å². The van der Waals surface area contributed by atoms with Crippen molar-refractivity contribution in [2.24, 2.45) is 0 Å². The van der Waals surface area contributed by atoms with Crippen molar-refractivity contribution in [3.8, 4) is 0 Å². The van der Waals surface area contributed by atoms with E-state index in [1.165, 1.54) is 0 Å². The van der Waals surface area contributed by atoms with Crippen LogP contribution in [0.5, 0.6) is 0 Å². The summed E-state index contributed by atoms with van der Waals surface area (Å²) in [6, 6.07) is 0.318. The van der Waals surface area contributed by atoms with E-state index in [9.17, 15) is 4.79 Å². The molecule has 1 aliphatic rings. The van der Waals surface area contributed by atoms with Gasteiger partial charge in [0.1, 0.15) is 0 Å². The molecule has 3 heteroatoms. The summed E-state index contributed by atoms with van der Waals surface area (Å²) in [5.41, 5.74) is 0.0941. The maximum Gasteiger partial charge on any atom is 0.209 e. The van der Waals surface area contributed by atoms with Crippen LogP contribution in [0, 0.1) is 0 Å². The largest absolute Gasteiger partial charge is 0.368 e. The van der Waals surface area contributed by atoms with Gasteiger partial charge in [-0.25, -0.2) is 0 Å². The number of rotatable bonds is 3. The Kier molecular flexibility index (Phi) is 3.36. The molecule has 0 saturated carbocycles. The summed E-state index contributed by atoms with van der Waals surface area (Å²) in [5, 5.41) is 0. The van der Waals surface area contributed by atoms with Crippen molar-refractivity contribution in [3.05, 3.63) is 12.8 Å². The van der Waals surface area contributed by atoms with Crippen LogP contribution >= 0.6 is 0 Å². The number of hydrogen-bond acceptors (Lipinski definition) is 2. The number of likely N-dealkylation sites (tertiary alicyclic amines) is 1. The Bertz CT molecular complexity index is 266. The lowest BCUT2D eigenvalue weighted by Crippen LogP contribution is -2.61. The second-order valence-electron chi connectivity index (χ2n) is 6.01. The van der Waals surface area contributed by atoms with Crippen molar-refractivity contribution in [1.29, 1.82) is 0 Å². The number of carbonyl (C=O) groups is 1. The van der Waals surface area contributed by atoms with Gasteiger partial charge in [0, 0.05) is 24.2 Å². The zero-order chi connectivity index (χ0) is 12.6. The average Bonchev–Trinajstić information content (AvgIpc) is 2.13. The van der Waals surface area contributed by atoms with Gasteiger partial charge in [-0.1, -0.05) is 6.58 Å². The molecule has 1 rings (SSSR count). The minimum Gasteiger partial charge on any atom is -0.368 e. The molecule has 0 N–H and O–H groups in total. The number of carbonyl (C=O) groups excluding carboxylic acids is 1. The first-order chi connectivity index (χ1) is 7.24. The Morgan fingerprint density at radius 1 is 1.25 bits per heavy atom. The number of hydrogen-bond donors (Lipinski definition) is 0. The van der Waals surface area contributed by atoms with Crippen molar-refractivity contribution < 1.29 is 4.79 Å². The van der Waals surface area contributed by atoms with Gasteiger partial charge in [0.25, 0.3) is 0 Å². The highest BCUT2D eigenvalue weighted by Gasteiger charge is 2.44. The van der Waals surface area contributed by atoms with Crippen molar-refractivity contribution in [3.63, 3.8) is 0 Å². The molecule has 0 unspecified atom stereocenters. The van der Waals surface area contributed by atoms with Crippen LogP contribution in [0.1, 0.15) is 40.5 Å². The number of amides is 1. The van der Waals surface area contributed by atoms with Crippen LogP contribution < -0.4 is 0 Å². The highest BCUT2D eigenvalue weighted by Crippen LogP contribution is 2.39. The van der Waals surface area contributed by atoms with E-state index in [-0.39, 0.29) is 11.1 Å². The third-order valence-electron chi connectivity index (χ3n) is 3.70. The summed E-state index contributed by atoms with van der Waals surface area (Å²) in [6.45, 7) is 12.7. The third-order valence-corrected chi connectivity index (χ3v) is 3.70. The molecule has 1 saturated heterocycles. The standard InChI is InChI=1S/C13H24N2O/c1-7-15-12(2,3)8-11(14(6)10-16)9-13(15,4)5/h7,10-11H,1,8-9H2,2-6H3. The Hall–Kier alpha value is -0.990. The lowest BCUT2D eigenvalue weighted by molar-refractivity contribution is -0.122. The minimum atomic E-state index is 0.0471. The van der Waals surface area contributed by atoms with Crippen LogP contribution in [0.15, 0.2) is 12.8 Å². The van der Waals surface area contributed by atoms with Gasteiger partial charge in [0.05, 0.1) is 0 Å². The highest BCUT2D eigenvalue weighted by molar-refractivity contribution is 5.47. The van der Waals surface area contributed by atoms with Gasteiger partial charge in [-0.05, 0) is 46.7 Å². The van der Waals surface area contributed by atoms with Crippen molar-refractivity contribution in [1.82, 2.24) is 9.80 Å². The summed E-state index contributed by atoms with van der Waals surface area (Å²) in [7, 11) is 1.87. The molecule has 1 aliphatic heterocycles. The van der Waals surface area contributed by atoms with Gasteiger partial charge in [-0.2, -0.15) is 0 Å². The van der Waals surface area contributed by atoms with Crippen molar-refractivity contribution >= 4 is 6.41 Å². The molecule has 0 spiro atoms. The third kappa shape index (κ3) is 2.23. The van der Waals surface area contributed by atoms with Gasteiger partial charge in [0.15, 0.2) is 0 Å². The van der Waals surface area contributed by atoms with Gasteiger partial charge >= 0.3 is 0 Å². The van der Waals surface area contributed by atoms with Gasteiger partial charge in [-0.15, -0.1) is 0 Å². The predicted octanol–water partition coefficient (Wildman–Crippen LogP) is 2.24. The van der Waals surface area contributed by atoms with Crippen LogP contribution in [-0.4, -0.2) is 40.4 Å². The first kappa shape index (κ1) is 13.1. The Balaban J connectivity index is 2.97. The molecule has 92 valence electrons. The summed E-state index contributed by atoms with van der Waals surface area (Å²) in [6.07, 6.45) is 4.83. The predicted molar refractivity (Wildman–Crippen MR) is 67.0 cm³/mol. The summed E-state index contributed by atoms with van der Waals surface area (Å²) < 4.78 is 0. The van der Waals surface area contributed by atoms with Crippen LogP contribution in [0.2, 0.25) is 0 Å². The van der Waals surface area contributed by atoms with Gasteiger partial charge in [0.2, 0.25) is 6.41 Å². The molecule has 16 heavy (non-hydrogen) atoms. The van der Waals surface area contributed by atoms with Crippen molar-refractivity contribution in [2.75, 3.05) is 7.05 Å². The first-order valence-corrected chi connectivity index (χ1v) is 5.84. The zero-order valence-corrected chi connectivity index (χ0v) is 11.2. The molecule has 0 radical (unpaired) electrons. The molecule has 0 bridgehead atoms. The molecule has 1 fully saturated rings. The second-order valence-corrected chi connectivity index (χ2v) is 6.01. The molecule has 0 aromatic rings.